The van der Waals surface area contributed by atoms with Crippen LogP contribution in [0.15, 0.2) is 0 Å². The van der Waals surface area contributed by atoms with Crippen LogP contribution in [0, 0.1) is 5.92 Å². The van der Waals surface area contributed by atoms with Gasteiger partial charge in [-0.2, -0.15) is 11.8 Å². The third-order valence-electron chi connectivity index (χ3n) is 3.44. The van der Waals surface area contributed by atoms with Gasteiger partial charge in [-0.25, -0.2) is 0 Å². The summed E-state index contributed by atoms with van der Waals surface area (Å²) in [4.78, 5) is 2.66. The first-order chi connectivity index (χ1) is 7.50. The molecule has 1 aliphatic rings. The van der Waals surface area contributed by atoms with Crippen molar-refractivity contribution in [2.75, 3.05) is 25.4 Å². The summed E-state index contributed by atoms with van der Waals surface area (Å²) < 4.78 is 0. The van der Waals surface area contributed by atoms with Gasteiger partial charge < -0.3 is 5.32 Å². The third kappa shape index (κ3) is 4.64. The van der Waals surface area contributed by atoms with Gasteiger partial charge in [-0.3, -0.25) is 4.90 Å². The number of nitrogens with zero attached hydrogens (tertiary/aromatic N) is 1. The Bertz CT molecular complexity index is 196. The van der Waals surface area contributed by atoms with Crippen LogP contribution in [-0.2, 0) is 0 Å². The highest BCUT2D eigenvalue weighted by Crippen LogP contribution is 2.24. The van der Waals surface area contributed by atoms with E-state index in [2.05, 4.69) is 56.6 Å². The van der Waals surface area contributed by atoms with Crippen LogP contribution < -0.4 is 5.32 Å². The second-order valence-electron chi connectivity index (χ2n) is 5.48. The van der Waals surface area contributed by atoms with Crippen LogP contribution in [0.2, 0.25) is 0 Å². The van der Waals surface area contributed by atoms with Crippen molar-refractivity contribution in [2.45, 2.75) is 52.0 Å². The summed E-state index contributed by atoms with van der Waals surface area (Å²) in [5.41, 5.74) is 0. The summed E-state index contributed by atoms with van der Waals surface area (Å²) in [7, 11) is 0. The zero-order valence-electron chi connectivity index (χ0n) is 11.5. The molecule has 1 heterocycles. The lowest BCUT2D eigenvalue weighted by Gasteiger charge is -2.39. The van der Waals surface area contributed by atoms with Crippen molar-refractivity contribution in [2.24, 2.45) is 5.92 Å². The smallest absolute Gasteiger partial charge is 0.0184 e. The normalized spacial score (nSPS) is 29.6. The van der Waals surface area contributed by atoms with Crippen molar-refractivity contribution in [1.82, 2.24) is 10.2 Å². The fourth-order valence-corrected chi connectivity index (χ4v) is 3.32. The Morgan fingerprint density at radius 1 is 1.31 bits per heavy atom. The van der Waals surface area contributed by atoms with Crippen molar-refractivity contribution in [1.29, 1.82) is 0 Å². The zero-order valence-corrected chi connectivity index (χ0v) is 12.3. The fourth-order valence-electron chi connectivity index (χ4n) is 2.15. The molecule has 1 fully saturated rings. The molecule has 0 radical (unpaired) electrons. The maximum atomic E-state index is 3.53. The van der Waals surface area contributed by atoms with E-state index in [4.69, 9.17) is 0 Å². The summed E-state index contributed by atoms with van der Waals surface area (Å²) in [6.45, 7) is 15.2. The van der Waals surface area contributed by atoms with Crippen LogP contribution in [-0.4, -0.2) is 47.6 Å². The van der Waals surface area contributed by atoms with E-state index in [1.807, 2.05) is 0 Å². The van der Waals surface area contributed by atoms with Crippen LogP contribution in [0.25, 0.3) is 0 Å². The lowest BCUT2D eigenvalue weighted by atomic mass is 10.1. The molecule has 0 bridgehead atoms. The predicted octanol–water partition coefficient (Wildman–Crippen LogP) is 2.45. The summed E-state index contributed by atoms with van der Waals surface area (Å²) >= 11 is 2.12. The van der Waals surface area contributed by atoms with Gasteiger partial charge in [0.05, 0.1) is 0 Å². The first-order valence-corrected chi connectivity index (χ1v) is 7.64. The molecule has 0 aromatic heterocycles. The van der Waals surface area contributed by atoms with Crippen molar-refractivity contribution in [3.8, 4) is 0 Å². The van der Waals surface area contributed by atoms with Gasteiger partial charge >= 0.3 is 0 Å². The number of hydrogen-bond acceptors (Lipinski definition) is 3. The van der Waals surface area contributed by atoms with Gasteiger partial charge in [0.25, 0.3) is 0 Å². The van der Waals surface area contributed by atoms with Gasteiger partial charge in [0, 0.05) is 36.2 Å². The van der Waals surface area contributed by atoms with Gasteiger partial charge in [0.2, 0.25) is 0 Å². The minimum Gasteiger partial charge on any atom is -0.314 e. The molecule has 16 heavy (non-hydrogen) atoms. The summed E-state index contributed by atoms with van der Waals surface area (Å²) in [5, 5.41) is 4.32. The highest BCUT2D eigenvalue weighted by Gasteiger charge is 2.25. The molecule has 3 unspecified atom stereocenters. The highest BCUT2D eigenvalue weighted by atomic mass is 32.2. The van der Waals surface area contributed by atoms with Crippen LogP contribution >= 0.6 is 11.8 Å². The standard InChI is InChI=1S/C13H28N2S/c1-10(2)14-8-11(3)9-15-6-7-16-13(5)12(15)4/h10-14H,6-9H2,1-5H3. The van der Waals surface area contributed by atoms with E-state index in [0.29, 0.717) is 6.04 Å². The van der Waals surface area contributed by atoms with Crippen LogP contribution in [0.4, 0.5) is 0 Å². The number of rotatable bonds is 5. The molecule has 3 heteroatoms. The first-order valence-electron chi connectivity index (χ1n) is 6.59. The van der Waals surface area contributed by atoms with Gasteiger partial charge in [0.15, 0.2) is 0 Å². The van der Waals surface area contributed by atoms with Gasteiger partial charge in [-0.05, 0) is 19.4 Å². The van der Waals surface area contributed by atoms with E-state index in [9.17, 15) is 0 Å². The quantitative estimate of drug-likeness (QED) is 0.800. The highest BCUT2D eigenvalue weighted by molar-refractivity contribution is 8.00. The number of nitrogens with one attached hydrogen (secondary N) is 1. The Morgan fingerprint density at radius 3 is 2.62 bits per heavy atom. The Balaban J connectivity index is 2.29. The molecule has 1 N–H and O–H groups in total. The maximum absolute atomic E-state index is 3.53. The minimum atomic E-state index is 0.607. The van der Waals surface area contributed by atoms with E-state index in [1.165, 1.54) is 18.8 Å². The first kappa shape index (κ1) is 14.3. The molecule has 1 rings (SSSR count). The molecule has 0 aromatic rings. The van der Waals surface area contributed by atoms with Crippen molar-refractivity contribution in [3.63, 3.8) is 0 Å². The average Bonchev–Trinajstić information content (AvgIpc) is 2.22. The lowest BCUT2D eigenvalue weighted by Crippen LogP contribution is -2.47. The molecule has 0 amide bonds. The molecule has 2 nitrogen and oxygen atoms in total. The molecule has 3 atom stereocenters. The topological polar surface area (TPSA) is 15.3 Å². The van der Waals surface area contributed by atoms with E-state index in [-0.39, 0.29) is 0 Å². The zero-order chi connectivity index (χ0) is 12.1. The third-order valence-corrected chi connectivity index (χ3v) is 4.77. The number of thioether (sulfide) groups is 1. The molecular weight excluding hydrogens is 216 g/mol. The van der Waals surface area contributed by atoms with Gasteiger partial charge in [-0.15, -0.1) is 0 Å². The van der Waals surface area contributed by atoms with E-state index >= 15 is 0 Å². The summed E-state index contributed by atoms with van der Waals surface area (Å²) in [6, 6.07) is 1.34. The molecule has 96 valence electrons. The lowest BCUT2D eigenvalue weighted by molar-refractivity contribution is 0.183. The Kier molecular flexibility index (Phi) is 6.16. The largest absolute Gasteiger partial charge is 0.314 e. The van der Waals surface area contributed by atoms with Crippen molar-refractivity contribution in [3.05, 3.63) is 0 Å². The molecule has 0 saturated carbocycles. The molecular formula is C13H28N2S. The second-order valence-corrected chi connectivity index (χ2v) is 6.96. The average molecular weight is 244 g/mol. The van der Waals surface area contributed by atoms with Crippen LogP contribution in [0.5, 0.6) is 0 Å². The predicted molar refractivity (Wildman–Crippen MR) is 75.3 cm³/mol. The Labute approximate surface area is 106 Å². The van der Waals surface area contributed by atoms with E-state index < -0.39 is 0 Å². The summed E-state index contributed by atoms with van der Waals surface area (Å²) in [5.74, 6) is 2.05. The minimum absolute atomic E-state index is 0.607. The van der Waals surface area contributed by atoms with Gasteiger partial charge in [0.1, 0.15) is 0 Å². The second kappa shape index (κ2) is 6.87. The molecule has 0 aromatic carbocycles. The van der Waals surface area contributed by atoms with Gasteiger partial charge in [-0.1, -0.05) is 27.7 Å². The molecule has 1 aliphatic heterocycles. The van der Waals surface area contributed by atoms with Crippen LogP contribution in [0.3, 0.4) is 0 Å². The maximum Gasteiger partial charge on any atom is 0.0184 e. The van der Waals surface area contributed by atoms with E-state index in [0.717, 1.165) is 23.8 Å². The van der Waals surface area contributed by atoms with Crippen LogP contribution in [0.1, 0.15) is 34.6 Å². The molecule has 1 saturated heterocycles. The molecule has 0 aliphatic carbocycles. The van der Waals surface area contributed by atoms with Crippen molar-refractivity contribution >= 4 is 11.8 Å². The Hall–Kier alpha value is 0.270. The fraction of sp³-hybridized carbons (Fsp3) is 1.00. The van der Waals surface area contributed by atoms with E-state index in [1.54, 1.807) is 0 Å². The Morgan fingerprint density at radius 2 is 2.00 bits per heavy atom. The van der Waals surface area contributed by atoms with Crippen molar-refractivity contribution < 1.29 is 0 Å². The number of hydrogen-bond donors (Lipinski definition) is 1. The SMILES string of the molecule is CC(CNC(C)C)CN1CCSC(C)C1C. The summed E-state index contributed by atoms with van der Waals surface area (Å²) in [6.07, 6.45) is 0. The molecule has 0 spiro atoms. The monoisotopic (exact) mass is 244 g/mol.